The minimum absolute atomic E-state index is 0.169. The van der Waals surface area contributed by atoms with Crippen molar-refractivity contribution < 1.29 is 9.13 Å². The van der Waals surface area contributed by atoms with Gasteiger partial charge in [-0.15, -0.1) is 11.6 Å². The van der Waals surface area contributed by atoms with E-state index in [1.807, 2.05) is 0 Å². The predicted octanol–water partition coefficient (Wildman–Crippen LogP) is 3.46. The van der Waals surface area contributed by atoms with E-state index in [9.17, 15) is 4.39 Å². The van der Waals surface area contributed by atoms with E-state index in [0.29, 0.717) is 17.2 Å². The monoisotopic (exact) mass is 252 g/mol. The molecule has 1 heterocycles. The first-order chi connectivity index (χ1) is 8.19. The SMILES string of the molecule is Cc1ccc(Oc2ncc(CCl)cn2)cc1F. The zero-order valence-corrected chi connectivity index (χ0v) is 9.91. The van der Waals surface area contributed by atoms with E-state index < -0.39 is 0 Å². The van der Waals surface area contributed by atoms with Gasteiger partial charge in [-0.1, -0.05) is 6.07 Å². The third-order valence-electron chi connectivity index (χ3n) is 2.19. The standard InChI is InChI=1S/C12H10ClFN2O/c1-8-2-3-10(4-11(8)14)17-12-15-6-9(5-13)7-16-12/h2-4,6-7H,5H2,1H3. The molecule has 0 amide bonds. The smallest absolute Gasteiger partial charge is 0.321 e. The van der Waals surface area contributed by atoms with Gasteiger partial charge in [-0.3, -0.25) is 0 Å². The van der Waals surface area contributed by atoms with Gasteiger partial charge in [0, 0.05) is 24.0 Å². The summed E-state index contributed by atoms with van der Waals surface area (Å²) in [6, 6.07) is 4.77. The highest BCUT2D eigenvalue weighted by Gasteiger charge is 2.03. The maximum Gasteiger partial charge on any atom is 0.321 e. The van der Waals surface area contributed by atoms with Crippen molar-refractivity contribution in [3.05, 3.63) is 47.5 Å². The minimum Gasteiger partial charge on any atom is -0.424 e. The summed E-state index contributed by atoms with van der Waals surface area (Å²) >= 11 is 5.61. The molecule has 0 unspecified atom stereocenters. The molecule has 88 valence electrons. The lowest BCUT2D eigenvalue weighted by atomic mass is 10.2. The molecule has 0 fully saturated rings. The Hall–Kier alpha value is -1.68. The van der Waals surface area contributed by atoms with Crippen LogP contribution in [0.2, 0.25) is 0 Å². The Balaban J connectivity index is 2.16. The topological polar surface area (TPSA) is 35.0 Å². The maximum absolute atomic E-state index is 13.3. The third-order valence-corrected chi connectivity index (χ3v) is 2.50. The van der Waals surface area contributed by atoms with Crippen molar-refractivity contribution in [3.63, 3.8) is 0 Å². The van der Waals surface area contributed by atoms with E-state index in [2.05, 4.69) is 9.97 Å². The van der Waals surface area contributed by atoms with E-state index in [4.69, 9.17) is 16.3 Å². The van der Waals surface area contributed by atoms with Gasteiger partial charge in [0.05, 0.1) is 5.88 Å². The number of aryl methyl sites for hydroxylation is 1. The Kier molecular flexibility index (Phi) is 3.54. The second-order valence-electron chi connectivity index (χ2n) is 3.52. The van der Waals surface area contributed by atoms with Crippen LogP contribution in [0.25, 0.3) is 0 Å². The number of hydrogen-bond acceptors (Lipinski definition) is 3. The highest BCUT2D eigenvalue weighted by atomic mass is 35.5. The second kappa shape index (κ2) is 5.10. The van der Waals surface area contributed by atoms with Crippen LogP contribution in [-0.4, -0.2) is 9.97 Å². The van der Waals surface area contributed by atoms with E-state index in [-0.39, 0.29) is 11.8 Å². The first kappa shape index (κ1) is 11.8. The second-order valence-corrected chi connectivity index (χ2v) is 3.79. The van der Waals surface area contributed by atoms with Crippen LogP contribution >= 0.6 is 11.6 Å². The number of aromatic nitrogens is 2. The summed E-state index contributed by atoms with van der Waals surface area (Å²) in [7, 11) is 0. The Morgan fingerprint density at radius 1 is 1.29 bits per heavy atom. The highest BCUT2D eigenvalue weighted by molar-refractivity contribution is 6.17. The number of rotatable bonds is 3. The normalized spacial score (nSPS) is 10.3. The first-order valence-electron chi connectivity index (χ1n) is 5.00. The highest BCUT2D eigenvalue weighted by Crippen LogP contribution is 2.20. The van der Waals surface area contributed by atoms with Crippen molar-refractivity contribution in [2.45, 2.75) is 12.8 Å². The van der Waals surface area contributed by atoms with Crippen LogP contribution in [0.1, 0.15) is 11.1 Å². The fourth-order valence-electron chi connectivity index (χ4n) is 1.21. The summed E-state index contributed by atoms with van der Waals surface area (Å²) in [4.78, 5) is 7.91. The molecule has 0 atom stereocenters. The number of benzene rings is 1. The lowest BCUT2D eigenvalue weighted by molar-refractivity contribution is 0.437. The number of nitrogens with zero attached hydrogens (tertiary/aromatic N) is 2. The molecule has 5 heteroatoms. The molecular formula is C12H10ClFN2O. The Bertz CT molecular complexity index is 516. The van der Waals surface area contributed by atoms with Crippen molar-refractivity contribution in [2.24, 2.45) is 0 Å². The molecule has 0 aliphatic rings. The van der Waals surface area contributed by atoms with Crippen LogP contribution in [-0.2, 0) is 5.88 Å². The molecule has 2 aromatic rings. The van der Waals surface area contributed by atoms with E-state index in [0.717, 1.165) is 5.56 Å². The van der Waals surface area contributed by atoms with E-state index in [1.165, 1.54) is 6.07 Å². The number of ether oxygens (including phenoxy) is 1. The predicted molar refractivity (Wildman–Crippen MR) is 62.8 cm³/mol. The largest absolute Gasteiger partial charge is 0.424 e. The van der Waals surface area contributed by atoms with Gasteiger partial charge in [-0.05, 0) is 18.6 Å². The van der Waals surface area contributed by atoms with Gasteiger partial charge < -0.3 is 4.74 Å². The average molecular weight is 253 g/mol. The fraction of sp³-hybridized carbons (Fsp3) is 0.167. The fourth-order valence-corrected chi connectivity index (χ4v) is 1.35. The van der Waals surface area contributed by atoms with Crippen LogP contribution in [0.5, 0.6) is 11.8 Å². The molecular weight excluding hydrogens is 243 g/mol. The molecule has 1 aromatic carbocycles. The molecule has 2 rings (SSSR count). The molecule has 0 aliphatic heterocycles. The van der Waals surface area contributed by atoms with E-state index >= 15 is 0 Å². The van der Waals surface area contributed by atoms with Gasteiger partial charge in [0.1, 0.15) is 11.6 Å². The van der Waals surface area contributed by atoms with Crippen LogP contribution in [0.4, 0.5) is 4.39 Å². The molecule has 0 N–H and O–H groups in total. The van der Waals surface area contributed by atoms with E-state index in [1.54, 1.807) is 31.5 Å². The summed E-state index contributed by atoms with van der Waals surface area (Å²) < 4.78 is 18.6. The average Bonchev–Trinajstić information content (AvgIpc) is 2.35. The third kappa shape index (κ3) is 2.91. The van der Waals surface area contributed by atoms with Crippen LogP contribution in [0.3, 0.4) is 0 Å². The zero-order chi connectivity index (χ0) is 12.3. The molecule has 0 saturated heterocycles. The lowest BCUT2D eigenvalue weighted by Gasteiger charge is -2.04. The number of alkyl halides is 1. The molecule has 0 bridgehead atoms. The molecule has 1 aromatic heterocycles. The number of hydrogen-bond donors (Lipinski definition) is 0. The van der Waals surface area contributed by atoms with Gasteiger partial charge in [0.15, 0.2) is 0 Å². The van der Waals surface area contributed by atoms with Crippen molar-refractivity contribution in [3.8, 4) is 11.8 Å². The summed E-state index contributed by atoms with van der Waals surface area (Å²) in [5.41, 5.74) is 1.37. The molecule has 0 aliphatic carbocycles. The van der Waals surface area contributed by atoms with Crippen molar-refractivity contribution in [1.82, 2.24) is 9.97 Å². The van der Waals surface area contributed by atoms with Gasteiger partial charge in [0.2, 0.25) is 0 Å². The summed E-state index contributed by atoms with van der Waals surface area (Å²) in [5.74, 6) is 0.394. The van der Waals surface area contributed by atoms with Crippen LogP contribution in [0, 0.1) is 12.7 Å². The summed E-state index contributed by atoms with van der Waals surface area (Å²) in [6.07, 6.45) is 3.14. The lowest BCUT2D eigenvalue weighted by Crippen LogP contribution is -1.93. The van der Waals surface area contributed by atoms with Crippen molar-refractivity contribution in [1.29, 1.82) is 0 Å². The Labute approximate surface area is 103 Å². The van der Waals surface area contributed by atoms with Crippen molar-refractivity contribution in [2.75, 3.05) is 0 Å². The molecule has 0 spiro atoms. The summed E-state index contributed by atoms with van der Waals surface area (Å²) in [5, 5.41) is 0. The zero-order valence-electron chi connectivity index (χ0n) is 9.15. The van der Waals surface area contributed by atoms with Gasteiger partial charge in [0.25, 0.3) is 0 Å². The van der Waals surface area contributed by atoms with Gasteiger partial charge in [-0.25, -0.2) is 14.4 Å². The molecule has 17 heavy (non-hydrogen) atoms. The quantitative estimate of drug-likeness (QED) is 0.785. The number of halogens is 2. The Morgan fingerprint density at radius 2 is 2.00 bits per heavy atom. The first-order valence-corrected chi connectivity index (χ1v) is 5.53. The van der Waals surface area contributed by atoms with Crippen LogP contribution < -0.4 is 4.74 Å². The molecule has 0 radical (unpaired) electrons. The van der Waals surface area contributed by atoms with Crippen molar-refractivity contribution >= 4 is 11.6 Å². The maximum atomic E-state index is 13.3. The summed E-state index contributed by atoms with van der Waals surface area (Å²) in [6.45, 7) is 1.69. The van der Waals surface area contributed by atoms with Gasteiger partial charge in [-0.2, -0.15) is 0 Å². The minimum atomic E-state index is -0.320. The molecule has 3 nitrogen and oxygen atoms in total. The van der Waals surface area contributed by atoms with Gasteiger partial charge >= 0.3 is 6.01 Å². The molecule has 0 saturated carbocycles. The Morgan fingerprint density at radius 3 is 2.59 bits per heavy atom. The van der Waals surface area contributed by atoms with Crippen LogP contribution in [0.15, 0.2) is 30.6 Å².